The molecule has 0 aliphatic heterocycles. The van der Waals surface area contributed by atoms with E-state index in [9.17, 15) is 4.39 Å². The molecule has 0 saturated carbocycles. The van der Waals surface area contributed by atoms with E-state index in [2.05, 4.69) is 31.3 Å². The number of aryl methyl sites for hydroxylation is 2. The molecule has 1 N–H and O–H groups in total. The molecule has 0 amide bonds. The minimum atomic E-state index is -0.160. The van der Waals surface area contributed by atoms with E-state index in [1.807, 2.05) is 12.1 Å². The molecule has 0 spiro atoms. The number of nitrogens with one attached hydrogen (secondary N) is 1. The average Bonchev–Trinajstić information content (AvgIpc) is 2.38. The first-order valence-corrected chi connectivity index (χ1v) is 6.27. The molecule has 0 aliphatic carbocycles. The van der Waals surface area contributed by atoms with Crippen LogP contribution in [0.3, 0.4) is 0 Å². The molecular weight excluding hydrogens is 225 g/mol. The summed E-state index contributed by atoms with van der Waals surface area (Å²) in [6.07, 6.45) is 1.04. The Kier molecular flexibility index (Phi) is 3.98. The molecule has 0 heterocycles. The maximum absolute atomic E-state index is 13.5. The predicted molar refractivity (Wildman–Crippen MR) is 74.3 cm³/mol. The molecular formula is C16H18FN. The second-order valence-electron chi connectivity index (χ2n) is 4.44. The standard InChI is InChI=1S/C16H18FN/c1-3-13-8-9-15(10-12(13)2)18-11-14-6-4-5-7-16(14)17/h4-10,18H,3,11H2,1-2H3. The molecule has 0 aromatic heterocycles. The molecule has 94 valence electrons. The van der Waals surface area contributed by atoms with Gasteiger partial charge in [0, 0.05) is 17.8 Å². The van der Waals surface area contributed by atoms with Gasteiger partial charge >= 0.3 is 0 Å². The highest BCUT2D eigenvalue weighted by molar-refractivity contribution is 5.48. The lowest BCUT2D eigenvalue weighted by Crippen LogP contribution is -2.02. The van der Waals surface area contributed by atoms with Gasteiger partial charge in [-0.3, -0.25) is 0 Å². The molecule has 0 aliphatic rings. The van der Waals surface area contributed by atoms with Crippen LogP contribution in [0.2, 0.25) is 0 Å². The first kappa shape index (κ1) is 12.6. The number of benzene rings is 2. The summed E-state index contributed by atoms with van der Waals surface area (Å²) in [7, 11) is 0. The van der Waals surface area contributed by atoms with Crippen molar-refractivity contribution < 1.29 is 4.39 Å². The maximum Gasteiger partial charge on any atom is 0.128 e. The summed E-state index contributed by atoms with van der Waals surface area (Å²) in [5.74, 6) is -0.160. The smallest absolute Gasteiger partial charge is 0.128 e. The summed E-state index contributed by atoms with van der Waals surface area (Å²) in [6, 6.07) is 13.1. The van der Waals surface area contributed by atoms with Gasteiger partial charge in [-0.25, -0.2) is 4.39 Å². The van der Waals surface area contributed by atoms with Crippen LogP contribution in [0.4, 0.5) is 10.1 Å². The van der Waals surface area contributed by atoms with Gasteiger partial charge in [0.25, 0.3) is 0 Å². The normalized spacial score (nSPS) is 10.4. The van der Waals surface area contributed by atoms with Crippen molar-refractivity contribution in [1.29, 1.82) is 0 Å². The monoisotopic (exact) mass is 243 g/mol. The van der Waals surface area contributed by atoms with Crippen molar-refractivity contribution in [2.45, 2.75) is 26.8 Å². The number of hydrogen-bond acceptors (Lipinski definition) is 1. The number of anilines is 1. The predicted octanol–water partition coefficient (Wildman–Crippen LogP) is 4.31. The van der Waals surface area contributed by atoms with Crippen molar-refractivity contribution in [3.8, 4) is 0 Å². The SMILES string of the molecule is CCc1ccc(NCc2ccccc2F)cc1C. The Morgan fingerprint density at radius 2 is 1.83 bits per heavy atom. The highest BCUT2D eigenvalue weighted by Crippen LogP contribution is 2.17. The number of halogens is 1. The Balaban J connectivity index is 2.07. The van der Waals surface area contributed by atoms with E-state index in [1.165, 1.54) is 17.2 Å². The van der Waals surface area contributed by atoms with Crippen molar-refractivity contribution in [3.63, 3.8) is 0 Å². The van der Waals surface area contributed by atoms with E-state index in [1.54, 1.807) is 12.1 Å². The molecule has 2 rings (SSSR count). The third kappa shape index (κ3) is 2.89. The van der Waals surface area contributed by atoms with Gasteiger partial charge < -0.3 is 5.32 Å². The van der Waals surface area contributed by atoms with Crippen LogP contribution in [0.15, 0.2) is 42.5 Å². The Labute approximate surface area is 108 Å². The maximum atomic E-state index is 13.5. The van der Waals surface area contributed by atoms with Gasteiger partial charge in [-0.15, -0.1) is 0 Å². The van der Waals surface area contributed by atoms with E-state index in [0.717, 1.165) is 12.1 Å². The zero-order chi connectivity index (χ0) is 13.0. The fourth-order valence-corrected chi connectivity index (χ4v) is 2.04. The minimum Gasteiger partial charge on any atom is -0.381 e. The zero-order valence-electron chi connectivity index (χ0n) is 10.8. The molecule has 0 radical (unpaired) electrons. The minimum absolute atomic E-state index is 0.160. The first-order valence-electron chi connectivity index (χ1n) is 6.27. The van der Waals surface area contributed by atoms with Gasteiger partial charge in [-0.1, -0.05) is 31.2 Å². The van der Waals surface area contributed by atoms with Gasteiger partial charge in [-0.05, 0) is 42.7 Å². The van der Waals surface area contributed by atoms with E-state index in [4.69, 9.17) is 0 Å². The average molecular weight is 243 g/mol. The van der Waals surface area contributed by atoms with Gasteiger partial charge in [0.2, 0.25) is 0 Å². The van der Waals surface area contributed by atoms with Crippen LogP contribution in [-0.4, -0.2) is 0 Å². The highest BCUT2D eigenvalue weighted by atomic mass is 19.1. The summed E-state index contributed by atoms with van der Waals surface area (Å²) in [4.78, 5) is 0. The van der Waals surface area contributed by atoms with Gasteiger partial charge in [0.15, 0.2) is 0 Å². The quantitative estimate of drug-likeness (QED) is 0.843. The fraction of sp³-hybridized carbons (Fsp3) is 0.250. The second kappa shape index (κ2) is 5.67. The lowest BCUT2D eigenvalue weighted by atomic mass is 10.1. The third-order valence-electron chi connectivity index (χ3n) is 3.16. The van der Waals surface area contributed by atoms with Gasteiger partial charge in [0.05, 0.1) is 0 Å². The van der Waals surface area contributed by atoms with Crippen LogP contribution >= 0.6 is 0 Å². The topological polar surface area (TPSA) is 12.0 Å². The Morgan fingerprint density at radius 1 is 1.06 bits per heavy atom. The van der Waals surface area contributed by atoms with Gasteiger partial charge in [-0.2, -0.15) is 0 Å². The number of hydrogen-bond donors (Lipinski definition) is 1. The van der Waals surface area contributed by atoms with Crippen LogP contribution in [0.25, 0.3) is 0 Å². The molecule has 18 heavy (non-hydrogen) atoms. The molecule has 0 fully saturated rings. The molecule has 2 aromatic carbocycles. The van der Waals surface area contributed by atoms with E-state index in [-0.39, 0.29) is 5.82 Å². The van der Waals surface area contributed by atoms with E-state index < -0.39 is 0 Å². The molecule has 2 aromatic rings. The molecule has 0 atom stereocenters. The number of rotatable bonds is 4. The molecule has 0 saturated heterocycles. The van der Waals surface area contributed by atoms with Crippen molar-refractivity contribution >= 4 is 5.69 Å². The summed E-state index contributed by atoms with van der Waals surface area (Å²) >= 11 is 0. The van der Waals surface area contributed by atoms with Crippen molar-refractivity contribution in [3.05, 3.63) is 65.0 Å². The van der Waals surface area contributed by atoms with Crippen molar-refractivity contribution in [1.82, 2.24) is 0 Å². The highest BCUT2D eigenvalue weighted by Gasteiger charge is 2.01. The Hall–Kier alpha value is -1.83. The summed E-state index contributed by atoms with van der Waals surface area (Å²) in [5, 5.41) is 3.25. The summed E-state index contributed by atoms with van der Waals surface area (Å²) < 4.78 is 13.5. The largest absolute Gasteiger partial charge is 0.381 e. The molecule has 1 nitrogen and oxygen atoms in total. The van der Waals surface area contributed by atoms with Crippen LogP contribution in [-0.2, 0) is 13.0 Å². The van der Waals surface area contributed by atoms with E-state index >= 15 is 0 Å². The molecule has 0 bridgehead atoms. The zero-order valence-corrected chi connectivity index (χ0v) is 10.8. The van der Waals surface area contributed by atoms with Crippen molar-refractivity contribution in [2.24, 2.45) is 0 Å². The lowest BCUT2D eigenvalue weighted by molar-refractivity contribution is 0.613. The first-order chi connectivity index (χ1) is 8.70. The Bertz CT molecular complexity index is 534. The van der Waals surface area contributed by atoms with Crippen molar-refractivity contribution in [2.75, 3.05) is 5.32 Å². The van der Waals surface area contributed by atoms with E-state index in [0.29, 0.717) is 12.1 Å². The van der Waals surface area contributed by atoms with Crippen LogP contribution in [0, 0.1) is 12.7 Å². The second-order valence-corrected chi connectivity index (χ2v) is 4.44. The van der Waals surface area contributed by atoms with Gasteiger partial charge in [0.1, 0.15) is 5.82 Å². The third-order valence-corrected chi connectivity index (χ3v) is 3.16. The lowest BCUT2D eigenvalue weighted by Gasteiger charge is -2.10. The Morgan fingerprint density at radius 3 is 2.50 bits per heavy atom. The molecule has 2 heteroatoms. The molecule has 0 unspecified atom stereocenters. The van der Waals surface area contributed by atoms with Crippen LogP contribution in [0.5, 0.6) is 0 Å². The van der Waals surface area contributed by atoms with Crippen LogP contribution in [0.1, 0.15) is 23.6 Å². The summed E-state index contributed by atoms with van der Waals surface area (Å²) in [5.41, 5.74) is 4.35. The summed E-state index contributed by atoms with van der Waals surface area (Å²) in [6.45, 7) is 4.76. The fourth-order valence-electron chi connectivity index (χ4n) is 2.04. The van der Waals surface area contributed by atoms with Crippen LogP contribution < -0.4 is 5.32 Å².